The molecule has 0 saturated carbocycles. The fraction of sp³-hybridized carbons (Fsp3) is 0.375. The lowest BCUT2D eigenvalue weighted by Crippen LogP contribution is -2.41. The highest BCUT2D eigenvalue weighted by Gasteiger charge is 2.18. The molecular weight excluding hydrogens is 344 g/mol. The van der Waals surface area contributed by atoms with Gasteiger partial charge in [-0.3, -0.25) is 14.2 Å². The van der Waals surface area contributed by atoms with Crippen molar-refractivity contribution in [3.05, 3.63) is 42.2 Å². The summed E-state index contributed by atoms with van der Waals surface area (Å²) in [6, 6.07) is 6.80. The number of morpholine rings is 1. The van der Waals surface area contributed by atoms with Gasteiger partial charge in [0.05, 0.1) is 25.8 Å². The van der Waals surface area contributed by atoms with E-state index in [1.807, 2.05) is 0 Å². The van der Waals surface area contributed by atoms with Crippen molar-refractivity contribution >= 4 is 21.6 Å². The first-order valence-corrected chi connectivity index (χ1v) is 9.38. The smallest absolute Gasteiger partial charge is 0.265 e. The van der Waals surface area contributed by atoms with Crippen molar-refractivity contribution in [2.24, 2.45) is 7.05 Å². The number of ether oxygens (including phenoxy) is 1. The van der Waals surface area contributed by atoms with Crippen LogP contribution in [0.15, 0.2) is 41.6 Å². The van der Waals surface area contributed by atoms with E-state index in [1.165, 1.54) is 17.1 Å². The molecule has 3 rings (SSSR count). The zero-order valence-corrected chi connectivity index (χ0v) is 14.7. The second kappa shape index (κ2) is 7.24. The third-order valence-electron chi connectivity index (χ3n) is 3.92. The van der Waals surface area contributed by atoms with Crippen molar-refractivity contribution in [2.45, 2.75) is 11.3 Å². The summed E-state index contributed by atoms with van der Waals surface area (Å²) in [5, 5.41) is 3.86. The molecule has 1 saturated heterocycles. The summed E-state index contributed by atoms with van der Waals surface area (Å²) < 4.78 is 33.7. The average molecular weight is 364 g/mol. The zero-order valence-electron chi connectivity index (χ0n) is 13.9. The van der Waals surface area contributed by atoms with Gasteiger partial charge in [-0.2, -0.15) is 5.10 Å². The normalized spacial score (nSPS) is 15.2. The van der Waals surface area contributed by atoms with Crippen molar-refractivity contribution in [1.29, 1.82) is 0 Å². The van der Waals surface area contributed by atoms with Gasteiger partial charge in [0, 0.05) is 32.0 Å². The van der Waals surface area contributed by atoms with Crippen LogP contribution >= 0.6 is 0 Å². The zero-order chi connectivity index (χ0) is 17.9. The maximum absolute atomic E-state index is 12.2. The van der Waals surface area contributed by atoms with E-state index in [9.17, 15) is 13.2 Å². The number of hydrogen-bond donors (Lipinski definition) is 1. The van der Waals surface area contributed by atoms with Crippen LogP contribution in [0.4, 0.5) is 5.69 Å². The number of hydrogen-bond acceptors (Lipinski definition) is 5. The standard InChI is InChI=1S/C16H20N4O4S/c1-19-12-15(11-17-19)25(22,23)18-14-4-2-13(3-5-14)10-16(21)20-6-8-24-9-7-20/h2-5,11-12,18H,6-10H2,1H3. The molecule has 0 spiro atoms. The summed E-state index contributed by atoms with van der Waals surface area (Å²) in [7, 11) is -2.02. The minimum atomic E-state index is -3.67. The summed E-state index contributed by atoms with van der Waals surface area (Å²) in [4.78, 5) is 14.1. The lowest BCUT2D eigenvalue weighted by atomic mass is 10.1. The molecule has 0 unspecified atom stereocenters. The van der Waals surface area contributed by atoms with E-state index in [-0.39, 0.29) is 17.2 Å². The maximum atomic E-state index is 12.2. The molecule has 0 atom stereocenters. The molecule has 9 heteroatoms. The molecule has 0 radical (unpaired) electrons. The highest BCUT2D eigenvalue weighted by Crippen LogP contribution is 2.16. The number of carbonyl (C=O) groups is 1. The van der Waals surface area contributed by atoms with Gasteiger partial charge in [0.25, 0.3) is 10.0 Å². The molecule has 2 aromatic rings. The van der Waals surface area contributed by atoms with E-state index < -0.39 is 10.0 Å². The van der Waals surface area contributed by atoms with Crippen LogP contribution in [0.3, 0.4) is 0 Å². The summed E-state index contributed by atoms with van der Waals surface area (Å²) in [5.74, 6) is 0.0481. The molecule has 134 valence electrons. The van der Waals surface area contributed by atoms with Gasteiger partial charge < -0.3 is 9.64 Å². The van der Waals surface area contributed by atoms with Crippen LogP contribution < -0.4 is 4.72 Å². The van der Waals surface area contributed by atoms with Gasteiger partial charge >= 0.3 is 0 Å². The van der Waals surface area contributed by atoms with Gasteiger partial charge in [0.15, 0.2) is 0 Å². The fourth-order valence-corrected chi connectivity index (χ4v) is 3.58. The number of nitrogens with zero attached hydrogens (tertiary/aromatic N) is 3. The molecule has 1 fully saturated rings. The lowest BCUT2D eigenvalue weighted by molar-refractivity contribution is -0.134. The second-order valence-corrected chi connectivity index (χ2v) is 7.50. The Morgan fingerprint density at radius 1 is 1.24 bits per heavy atom. The van der Waals surface area contributed by atoms with Crippen LogP contribution in [-0.4, -0.2) is 55.3 Å². The van der Waals surface area contributed by atoms with E-state index >= 15 is 0 Å². The summed E-state index contributed by atoms with van der Waals surface area (Å²) in [6.07, 6.45) is 3.01. The Labute approximate surface area is 146 Å². The fourth-order valence-electron chi connectivity index (χ4n) is 2.54. The summed E-state index contributed by atoms with van der Waals surface area (Å²) in [5.41, 5.74) is 1.27. The number of sulfonamides is 1. The Balaban J connectivity index is 1.63. The van der Waals surface area contributed by atoms with E-state index in [1.54, 1.807) is 36.2 Å². The Kier molecular flexibility index (Phi) is 5.05. The van der Waals surface area contributed by atoms with Crippen LogP contribution in [0.25, 0.3) is 0 Å². The summed E-state index contributed by atoms with van der Waals surface area (Å²) >= 11 is 0. The Morgan fingerprint density at radius 3 is 2.52 bits per heavy atom. The second-order valence-electron chi connectivity index (χ2n) is 5.82. The maximum Gasteiger partial charge on any atom is 0.265 e. The molecule has 1 N–H and O–H groups in total. The first-order valence-electron chi connectivity index (χ1n) is 7.90. The molecular formula is C16H20N4O4S. The van der Waals surface area contributed by atoms with Crippen molar-refractivity contribution in [2.75, 3.05) is 31.0 Å². The first kappa shape index (κ1) is 17.4. The Bertz CT molecular complexity index is 839. The van der Waals surface area contributed by atoms with Crippen LogP contribution in [0.1, 0.15) is 5.56 Å². The van der Waals surface area contributed by atoms with Crippen molar-refractivity contribution in [3.8, 4) is 0 Å². The quantitative estimate of drug-likeness (QED) is 0.840. The van der Waals surface area contributed by atoms with Gasteiger partial charge in [0.2, 0.25) is 5.91 Å². The van der Waals surface area contributed by atoms with Crippen LogP contribution in [-0.2, 0) is 33.0 Å². The number of aromatic nitrogens is 2. The number of anilines is 1. The van der Waals surface area contributed by atoms with Gasteiger partial charge in [-0.1, -0.05) is 12.1 Å². The molecule has 0 aliphatic carbocycles. The SMILES string of the molecule is Cn1cc(S(=O)(=O)Nc2ccc(CC(=O)N3CCOCC3)cc2)cn1. The Hall–Kier alpha value is -2.39. The molecule has 25 heavy (non-hydrogen) atoms. The number of benzene rings is 1. The van der Waals surface area contributed by atoms with Crippen LogP contribution in [0, 0.1) is 0 Å². The topological polar surface area (TPSA) is 93.5 Å². The highest BCUT2D eigenvalue weighted by molar-refractivity contribution is 7.92. The molecule has 1 aromatic carbocycles. The van der Waals surface area contributed by atoms with Crippen molar-refractivity contribution < 1.29 is 17.9 Å². The van der Waals surface area contributed by atoms with Crippen molar-refractivity contribution in [1.82, 2.24) is 14.7 Å². The van der Waals surface area contributed by atoms with Gasteiger partial charge in [-0.15, -0.1) is 0 Å². The van der Waals surface area contributed by atoms with Gasteiger partial charge in [-0.25, -0.2) is 8.42 Å². The number of carbonyl (C=O) groups excluding carboxylic acids is 1. The molecule has 2 heterocycles. The van der Waals surface area contributed by atoms with E-state index in [4.69, 9.17) is 4.74 Å². The number of nitrogens with one attached hydrogen (secondary N) is 1. The van der Waals surface area contributed by atoms with Crippen molar-refractivity contribution in [3.63, 3.8) is 0 Å². The largest absolute Gasteiger partial charge is 0.378 e. The van der Waals surface area contributed by atoms with Gasteiger partial charge in [-0.05, 0) is 17.7 Å². The number of amides is 1. The minimum Gasteiger partial charge on any atom is -0.378 e. The van der Waals surface area contributed by atoms with E-state index in [0.717, 1.165) is 5.56 Å². The number of aryl methyl sites for hydroxylation is 1. The predicted octanol–water partition coefficient (Wildman–Crippen LogP) is 0.622. The molecule has 1 aliphatic rings. The highest BCUT2D eigenvalue weighted by atomic mass is 32.2. The number of rotatable bonds is 5. The van der Waals surface area contributed by atoms with E-state index in [2.05, 4.69) is 9.82 Å². The molecule has 8 nitrogen and oxygen atoms in total. The molecule has 1 amide bonds. The third kappa shape index (κ3) is 4.37. The Morgan fingerprint density at radius 2 is 1.92 bits per heavy atom. The molecule has 1 aliphatic heterocycles. The summed E-state index contributed by atoms with van der Waals surface area (Å²) in [6.45, 7) is 2.37. The van der Waals surface area contributed by atoms with E-state index in [0.29, 0.717) is 32.0 Å². The predicted molar refractivity (Wildman–Crippen MR) is 91.6 cm³/mol. The lowest BCUT2D eigenvalue weighted by Gasteiger charge is -2.26. The van der Waals surface area contributed by atoms with Crippen LogP contribution in [0.5, 0.6) is 0 Å². The monoisotopic (exact) mass is 364 g/mol. The van der Waals surface area contributed by atoms with Gasteiger partial charge in [0.1, 0.15) is 4.90 Å². The molecule has 1 aromatic heterocycles. The third-order valence-corrected chi connectivity index (χ3v) is 5.25. The molecule has 0 bridgehead atoms. The first-order chi connectivity index (χ1) is 11.9. The average Bonchev–Trinajstić information content (AvgIpc) is 3.05. The minimum absolute atomic E-state index is 0.0481. The van der Waals surface area contributed by atoms with Crippen LogP contribution in [0.2, 0.25) is 0 Å².